The molecule has 7 heteroatoms. The van der Waals surface area contributed by atoms with Crippen molar-refractivity contribution >= 4 is 5.91 Å². The number of aliphatic hydroxyl groups excluding tert-OH is 2. The average Bonchev–Trinajstić information content (AvgIpc) is 1.96. The summed E-state index contributed by atoms with van der Waals surface area (Å²) in [4.78, 5) is 10.3. The number of carbonyl (C=O) groups excluding carboxylic acids is 1. The number of hydrogen-bond acceptors (Lipinski definition) is 3. The van der Waals surface area contributed by atoms with E-state index in [-0.39, 0.29) is 0 Å². The van der Waals surface area contributed by atoms with Gasteiger partial charge in [0.15, 0.2) is 0 Å². The van der Waals surface area contributed by atoms with Crippen LogP contribution in [0, 0.1) is 0 Å². The van der Waals surface area contributed by atoms with Crippen LogP contribution in [0.1, 0.15) is 6.92 Å². The van der Waals surface area contributed by atoms with Crippen molar-refractivity contribution in [2.24, 2.45) is 0 Å². The van der Waals surface area contributed by atoms with Crippen LogP contribution in [0.2, 0.25) is 0 Å². The SMILES string of the molecule is C[C@@H](O)[C@@H](CO)NC(=O)C(F)(F)F. The van der Waals surface area contributed by atoms with Crippen molar-refractivity contribution < 1.29 is 28.2 Å². The number of alkyl halides is 3. The van der Waals surface area contributed by atoms with Crippen LogP contribution in [0.25, 0.3) is 0 Å². The van der Waals surface area contributed by atoms with Gasteiger partial charge in [-0.3, -0.25) is 4.79 Å². The molecule has 3 N–H and O–H groups in total. The summed E-state index contributed by atoms with van der Waals surface area (Å²) in [6, 6.07) is -1.30. The van der Waals surface area contributed by atoms with Crippen LogP contribution in [-0.2, 0) is 4.79 Å². The van der Waals surface area contributed by atoms with E-state index in [4.69, 9.17) is 10.2 Å². The summed E-state index contributed by atoms with van der Waals surface area (Å²) in [7, 11) is 0. The lowest BCUT2D eigenvalue weighted by Crippen LogP contribution is -2.49. The highest BCUT2D eigenvalue weighted by atomic mass is 19.4. The first-order valence-electron chi connectivity index (χ1n) is 3.45. The van der Waals surface area contributed by atoms with Gasteiger partial charge in [-0.1, -0.05) is 0 Å². The van der Waals surface area contributed by atoms with Crippen LogP contribution in [0.3, 0.4) is 0 Å². The van der Waals surface area contributed by atoms with Gasteiger partial charge >= 0.3 is 12.1 Å². The Labute approximate surface area is 72.4 Å². The van der Waals surface area contributed by atoms with Crippen LogP contribution in [0.15, 0.2) is 0 Å². The molecular weight excluding hydrogens is 191 g/mol. The van der Waals surface area contributed by atoms with Crippen molar-refractivity contribution in [1.82, 2.24) is 5.32 Å². The van der Waals surface area contributed by atoms with E-state index < -0.39 is 30.8 Å². The zero-order valence-corrected chi connectivity index (χ0v) is 6.80. The summed E-state index contributed by atoms with van der Waals surface area (Å²) < 4.78 is 34.9. The van der Waals surface area contributed by atoms with E-state index in [0.717, 1.165) is 6.92 Å². The van der Waals surface area contributed by atoms with E-state index in [2.05, 4.69) is 0 Å². The van der Waals surface area contributed by atoms with Crippen LogP contribution < -0.4 is 5.32 Å². The highest BCUT2D eigenvalue weighted by Crippen LogP contribution is 2.14. The Kier molecular flexibility index (Phi) is 4.15. The molecule has 0 saturated heterocycles. The Bertz CT molecular complexity index is 180. The molecule has 1 amide bonds. The molecule has 0 aromatic rings. The monoisotopic (exact) mass is 201 g/mol. The number of nitrogens with one attached hydrogen (secondary N) is 1. The third-order valence-corrected chi connectivity index (χ3v) is 1.35. The van der Waals surface area contributed by atoms with E-state index in [9.17, 15) is 18.0 Å². The molecule has 0 saturated carbocycles. The second kappa shape index (κ2) is 4.43. The smallest absolute Gasteiger partial charge is 0.394 e. The molecule has 0 bridgehead atoms. The lowest BCUT2D eigenvalue weighted by molar-refractivity contribution is -0.175. The van der Waals surface area contributed by atoms with Crippen LogP contribution in [-0.4, -0.2) is 41.0 Å². The minimum atomic E-state index is -5.00. The van der Waals surface area contributed by atoms with Crippen molar-refractivity contribution in [3.63, 3.8) is 0 Å². The van der Waals surface area contributed by atoms with E-state index in [0.29, 0.717) is 0 Å². The average molecular weight is 201 g/mol. The van der Waals surface area contributed by atoms with Gasteiger partial charge in [0.2, 0.25) is 0 Å². The number of amides is 1. The maximum atomic E-state index is 11.6. The maximum absolute atomic E-state index is 11.6. The lowest BCUT2D eigenvalue weighted by Gasteiger charge is -2.19. The zero-order valence-electron chi connectivity index (χ0n) is 6.80. The van der Waals surface area contributed by atoms with Crippen LogP contribution >= 0.6 is 0 Å². The second-order valence-corrected chi connectivity index (χ2v) is 2.50. The first kappa shape index (κ1) is 12.2. The van der Waals surface area contributed by atoms with Gasteiger partial charge in [0.25, 0.3) is 0 Å². The van der Waals surface area contributed by atoms with Crippen molar-refractivity contribution in [2.75, 3.05) is 6.61 Å². The highest BCUT2D eigenvalue weighted by Gasteiger charge is 2.40. The van der Waals surface area contributed by atoms with Gasteiger partial charge in [-0.05, 0) is 6.92 Å². The summed E-state index contributed by atoms with van der Waals surface area (Å²) in [5.41, 5.74) is 0. The maximum Gasteiger partial charge on any atom is 0.471 e. The summed E-state index contributed by atoms with van der Waals surface area (Å²) in [6.45, 7) is 0.414. The summed E-state index contributed by atoms with van der Waals surface area (Å²) in [5.74, 6) is -2.17. The molecule has 0 fully saturated rings. The quantitative estimate of drug-likeness (QED) is 0.571. The van der Waals surface area contributed by atoms with Crippen molar-refractivity contribution in [2.45, 2.75) is 25.2 Å². The van der Waals surface area contributed by atoms with Crippen LogP contribution in [0.4, 0.5) is 13.2 Å². The van der Waals surface area contributed by atoms with E-state index in [1.165, 1.54) is 5.32 Å². The van der Waals surface area contributed by atoms with Gasteiger partial charge in [-0.2, -0.15) is 13.2 Å². The topological polar surface area (TPSA) is 69.6 Å². The molecule has 0 aromatic carbocycles. The molecule has 0 heterocycles. The molecule has 0 rings (SSSR count). The first-order chi connectivity index (χ1) is 5.79. The summed E-state index contributed by atoms with van der Waals surface area (Å²) in [6.07, 6.45) is -6.24. The molecule has 78 valence electrons. The van der Waals surface area contributed by atoms with Gasteiger partial charge in [0.05, 0.1) is 18.8 Å². The molecule has 0 radical (unpaired) electrons. The van der Waals surface area contributed by atoms with E-state index >= 15 is 0 Å². The lowest BCUT2D eigenvalue weighted by atomic mass is 10.2. The molecule has 4 nitrogen and oxygen atoms in total. The Morgan fingerprint density at radius 2 is 2.00 bits per heavy atom. The Morgan fingerprint density at radius 3 is 2.23 bits per heavy atom. The number of hydrogen-bond donors (Lipinski definition) is 3. The zero-order chi connectivity index (χ0) is 10.6. The van der Waals surface area contributed by atoms with Gasteiger partial charge in [0.1, 0.15) is 0 Å². The number of halogens is 3. The number of carbonyl (C=O) groups is 1. The molecule has 13 heavy (non-hydrogen) atoms. The van der Waals surface area contributed by atoms with E-state index in [1.807, 2.05) is 0 Å². The molecule has 0 aliphatic heterocycles. The third kappa shape index (κ3) is 4.09. The van der Waals surface area contributed by atoms with Crippen molar-refractivity contribution in [3.8, 4) is 0 Å². The third-order valence-electron chi connectivity index (χ3n) is 1.35. The fourth-order valence-corrected chi connectivity index (χ4v) is 0.569. The number of aliphatic hydroxyl groups is 2. The predicted molar refractivity (Wildman–Crippen MR) is 36.8 cm³/mol. The van der Waals surface area contributed by atoms with E-state index in [1.54, 1.807) is 0 Å². The first-order valence-corrected chi connectivity index (χ1v) is 3.45. The summed E-state index contributed by atoms with van der Waals surface area (Å²) >= 11 is 0. The van der Waals surface area contributed by atoms with Gasteiger partial charge in [-0.15, -0.1) is 0 Å². The molecular formula is C6H10F3NO3. The Morgan fingerprint density at radius 1 is 1.54 bits per heavy atom. The number of rotatable bonds is 3. The van der Waals surface area contributed by atoms with Gasteiger partial charge in [-0.25, -0.2) is 0 Å². The molecule has 0 spiro atoms. The Balaban J connectivity index is 4.18. The second-order valence-electron chi connectivity index (χ2n) is 2.50. The molecule has 2 atom stereocenters. The molecule has 0 aliphatic rings. The fourth-order valence-electron chi connectivity index (χ4n) is 0.569. The standard InChI is InChI=1S/C6H10F3NO3/c1-3(12)4(2-11)10-5(13)6(7,8)9/h3-4,11-12H,2H2,1H3,(H,10,13)/t3-,4-/m1/s1. The minimum absolute atomic E-state index is 0.751. The normalized spacial score (nSPS) is 16.5. The summed E-state index contributed by atoms with van der Waals surface area (Å²) in [5, 5.41) is 18.7. The largest absolute Gasteiger partial charge is 0.471 e. The van der Waals surface area contributed by atoms with Crippen molar-refractivity contribution in [1.29, 1.82) is 0 Å². The molecule has 0 unspecified atom stereocenters. The highest BCUT2D eigenvalue weighted by molar-refractivity contribution is 5.81. The minimum Gasteiger partial charge on any atom is -0.394 e. The Hall–Kier alpha value is -0.820. The molecule has 0 aromatic heterocycles. The van der Waals surface area contributed by atoms with Crippen molar-refractivity contribution in [3.05, 3.63) is 0 Å². The fraction of sp³-hybridized carbons (Fsp3) is 0.833. The van der Waals surface area contributed by atoms with Crippen LogP contribution in [0.5, 0.6) is 0 Å². The van der Waals surface area contributed by atoms with Gasteiger partial charge < -0.3 is 15.5 Å². The molecule has 0 aliphatic carbocycles. The predicted octanol–water partition coefficient (Wildman–Crippen LogP) is -0.593. The van der Waals surface area contributed by atoms with Gasteiger partial charge in [0, 0.05) is 0 Å².